The van der Waals surface area contributed by atoms with Crippen LogP contribution in [0.2, 0.25) is 0 Å². The molecule has 0 bridgehead atoms. The summed E-state index contributed by atoms with van der Waals surface area (Å²) in [5.41, 5.74) is 2.32. The molecule has 1 amide bonds. The van der Waals surface area contributed by atoms with Crippen LogP contribution in [0.25, 0.3) is 0 Å². The van der Waals surface area contributed by atoms with Crippen molar-refractivity contribution < 1.29 is 27.1 Å². The molecular formula is C18H13F4N3O3S. The highest BCUT2D eigenvalue weighted by Gasteiger charge is 2.35. The zero-order valence-electron chi connectivity index (χ0n) is 14.6. The molecule has 2 heterocycles. The molecule has 0 unspecified atom stereocenters. The average molecular weight is 427 g/mol. The van der Waals surface area contributed by atoms with Crippen molar-refractivity contribution in [3.8, 4) is 5.75 Å². The number of pyridine rings is 1. The molecule has 3 rings (SSSR count). The normalized spacial score (nSPS) is 11.4. The molecule has 0 atom stereocenters. The van der Waals surface area contributed by atoms with Gasteiger partial charge < -0.3 is 10.5 Å². The Hall–Kier alpha value is -3.21. The topological polar surface area (TPSA) is 87.2 Å². The molecule has 2 aromatic heterocycles. The van der Waals surface area contributed by atoms with E-state index >= 15 is 0 Å². The summed E-state index contributed by atoms with van der Waals surface area (Å²) in [6.45, 7) is -0.486. The zero-order chi connectivity index (χ0) is 21.2. The minimum absolute atomic E-state index is 0.0126. The van der Waals surface area contributed by atoms with Crippen LogP contribution in [0.5, 0.6) is 5.75 Å². The van der Waals surface area contributed by atoms with Crippen LogP contribution in [0.1, 0.15) is 26.8 Å². The summed E-state index contributed by atoms with van der Waals surface area (Å²) in [7, 11) is 0. The van der Waals surface area contributed by atoms with E-state index in [0.717, 1.165) is 17.4 Å². The van der Waals surface area contributed by atoms with Crippen molar-refractivity contribution in [3.05, 3.63) is 79.9 Å². The van der Waals surface area contributed by atoms with E-state index in [1.807, 2.05) is 0 Å². The number of primary amides is 1. The number of nitrogens with zero attached hydrogens (tertiary/aromatic N) is 2. The van der Waals surface area contributed by atoms with Crippen molar-refractivity contribution in [2.24, 2.45) is 5.73 Å². The number of thiazole rings is 1. The summed E-state index contributed by atoms with van der Waals surface area (Å²) in [5, 5.41) is 1.92. The molecule has 0 saturated carbocycles. The lowest BCUT2D eigenvalue weighted by atomic mass is 10.2. The fourth-order valence-corrected chi connectivity index (χ4v) is 3.19. The van der Waals surface area contributed by atoms with Crippen molar-refractivity contribution >= 4 is 17.2 Å². The molecule has 11 heteroatoms. The van der Waals surface area contributed by atoms with Crippen molar-refractivity contribution in [2.45, 2.75) is 19.3 Å². The second kappa shape index (κ2) is 8.03. The lowest BCUT2D eigenvalue weighted by Crippen LogP contribution is -2.34. The highest BCUT2D eigenvalue weighted by Crippen LogP contribution is 2.29. The molecule has 0 aliphatic rings. The Labute approximate surface area is 165 Å². The van der Waals surface area contributed by atoms with Crippen LogP contribution in [0.3, 0.4) is 0 Å². The number of carbonyl (C=O) groups is 1. The number of halogens is 4. The Balaban J connectivity index is 1.83. The number of alkyl halides is 3. The fourth-order valence-electron chi connectivity index (χ4n) is 2.50. The molecule has 3 aromatic rings. The van der Waals surface area contributed by atoms with E-state index in [4.69, 9.17) is 10.5 Å². The number of hydrogen-bond donors (Lipinski definition) is 1. The van der Waals surface area contributed by atoms with Gasteiger partial charge >= 0.3 is 6.18 Å². The van der Waals surface area contributed by atoms with Gasteiger partial charge in [0.2, 0.25) is 0 Å². The third-order valence-corrected chi connectivity index (χ3v) is 4.70. The van der Waals surface area contributed by atoms with Crippen LogP contribution < -0.4 is 16.0 Å². The van der Waals surface area contributed by atoms with Gasteiger partial charge in [-0.25, -0.2) is 9.37 Å². The molecule has 152 valence electrons. The van der Waals surface area contributed by atoms with Gasteiger partial charge in [0, 0.05) is 5.38 Å². The van der Waals surface area contributed by atoms with Crippen molar-refractivity contribution in [1.82, 2.24) is 9.55 Å². The summed E-state index contributed by atoms with van der Waals surface area (Å²) in [4.78, 5) is 27.8. The van der Waals surface area contributed by atoms with Crippen LogP contribution in [0.4, 0.5) is 17.6 Å². The largest absolute Gasteiger partial charge is 0.486 e. The van der Waals surface area contributed by atoms with Gasteiger partial charge in [0.15, 0.2) is 0 Å². The number of ether oxygens (including phenoxy) is 1. The van der Waals surface area contributed by atoms with Crippen LogP contribution in [-0.4, -0.2) is 15.5 Å². The fraction of sp³-hybridized carbons (Fsp3) is 0.167. The Bertz CT molecular complexity index is 1090. The SMILES string of the molecule is NC(=O)c1ccc(C(F)(F)F)n(Cc2csc(COc3ccc(F)cc3)n2)c1=O. The lowest BCUT2D eigenvalue weighted by molar-refractivity contribution is -0.144. The van der Waals surface area contributed by atoms with Gasteiger partial charge in [-0.1, -0.05) is 0 Å². The quantitative estimate of drug-likeness (QED) is 0.612. The van der Waals surface area contributed by atoms with E-state index in [1.54, 1.807) is 0 Å². The van der Waals surface area contributed by atoms with Gasteiger partial charge in [0.1, 0.15) is 34.4 Å². The number of rotatable bonds is 6. The summed E-state index contributed by atoms with van der Waals surface area (Å²) < 4.78 is 58.5. The molecule has 0 spiro atoms. The molecule has 0 saturated heterocycles. The predicted octanol–water partition coefficient (Wildman–Crippen LogP) is 3.19. The molecule has 0 aliphatic heterocycles. The maximum absolute atomic E-state index is 13.3. The molecule has 0 aliphatic carbocycles. The first kappa shape index (κ1) is 20.5. The number of hydrogen-bond acceptors (Lipinski definition) is 5. The third-order valence-electron chi connectivity index (χ3n) is 3.83. The molecule has 0 radical (unpaired) electrons. The second-order valence-corrected chi connectivity index (χ2v) is 6.80. The highest BCUT2D eigenvalue weighted by atomic mass is 32.1. The van der Waals surface area contributed by atoms with E-state index < -0.39 is 41.3 Å². The average Bonchev–Trinajstić information content (AvgIpc) is 3.09. The molecule has 29 heavy (non-hydrogen) atoms. The van der Waals surface area contributed by atoms with Crippen LogP contribution >= 0.6 is 11.3 Å². The Morgan fingerprint density at radius 2 is 1.86 bits per heavy atom. The van der Waals surface area contributed by atoms with E-state index in [0.29, 0.717) is 21.4 Å². The summed E-state index contributed by atoms with van der Waals surface area (Å²) in [6.07, 6.45) is -4.81. The van der Waals surface area contributed by atoms with Gasteiger partial charge in [-0.05, 0) is 36.4 Å². The van der Waals surface area contributed by atoms with Gasteiger partial charge in [0.25, 0.3) is 11.5 Å². The number of nitrogens with two attached hydrogens (primary N) is 1. The van der Waals surface area contributed by atoms with E-state index in [2.05, 4.69) is 4.98 Å². The summed E-state index contributed by atoms with van der Waals surface area (Å²) in [6, 6.07) is 6.68. The first-order valence-electron chi connectivity index (χ1n) is 8.07. The van der Waals surface area contributed by atoms with Crippen LogP contribution in [0.15, 0.2) is 46.6 Å². The summed E-state index contributed by atoms with van der Waals surface area (Å²) in [5.74, 6) is -1.14. The highest BCUT2D eigenvalue weighted by molar-refractivity contribution is 7.09. The second-order valence-electron chi connectivity index (χ2n) is 5.86. The minimum atomic E-state index is -4.81. The number of amides is 1. The van der Waals surface area contributed by atoms with Gasteiger partial charge in [-0.2, -0.15) is 13.2 Å². The van der Waals surface area contributed by atoms with Gasteiger partial charge in [0.05, 0.1) is 12.2 Å². The van der Waals surface area contributed by atoms with Crippen molar-refractivity contribution in [1.29, 1.82) is 0 Å². The van der Waals surface area contributed by atoms with E-state index in [-0.39, 0.29) is 12.3 Å². The van der Waals surface area contributed by atoms with E-state index in [1.165, 1.54) is 29.6 Å². The van der Waals surface area contributed by atoms with Crippen LogP contribution in [-0.2, 0) is 19.3 Å². The smallest absolute Gasteiger partial charge is 0.431 e. The zero-order valence-corrected chi connectivity index (χ0v) is 15.4. The van der Waals surface area contributed by atoms with Gasteiger partial charge in [-0.3, -0.25) is 14.2 Å². The third kappa shape index (κ3) is 4.80. The monoisotopic (exact) mass is 427 g/mol. The standard InChI is InChI=1S/C18H13F4N3O3S/c19-10-1-3-12(4-2-10)28-8-15-24-11(9-29-15)7-25-14(18(20,21)22)6-5-13(16(23)26)17(25)27/h1-6,9H,7-8H2,(H2,23,26). The molecule has 0 fully saturated rings. The molecule has 6 nitrogen and oxygen atoms in total. The summed E-state index contributed by atoms with van der Waals surface area (Å²) >= 11 is 1.12. The molecular weight excluding hydrogens is 414 g/mol. The number of carbonyl (C=O) groups excluding carboxylic acids is 1. The minimum Gasteiger partial charge on any atom is -0.486 e. The Kier molecular flexibility index (Phi) is 5.69. The maximum atomic E-state index is 13.3. The number of benzene rings is 1. The number of aromatic nitrogens is 2. The van der Waals surface area contributed by atoms with E-state index in [9.17, 15) is 27.2 Å². The van der Waals surface area contributed by atoms with Crippen LogP contribution in [0, 0.1) is 5.82 Å². The van der Waals surface area contributed by atoms with Crippen molar-refractivity contribution in [2.75, 3.05) is 0 Å². The molecule has 2 N–H and O–H groups in total. The first-order chi connectivity index (χ1) is 13.6. The Morgan fingerprint density at radius 3 is 2.48 bits per heavy atom. The van der Waals surface area contributed by atoms with Crippen molar-refractivity contribution in [3.63, 3.8) is 0 Å². The van der Waals surface area contributed by atoms with Gasteiger partial charge in [-0.15, -0.1) is 11.3 Å². The first-order valence-corrected chi connectivity index (χ1v) is 8.95. The predicted molar refractivity (Wildman–Crippen MR) is 96.2 cm³/mol. The Morgan fingerprint density at radius 1 is 1.17 bits per heavy atom. The maximum Gasteiger partial charge on any atom is 0.431 e. The molecule has 1 aromatic carbocycles. The lowest BCUT2D eigenvalue weighted by Gasteiger charge is -2.15.